The van der Waals surface area contributed by atoms with Gasteiger partial charge in [0, 0.05) is 17.8 Å². The number of halogens is 4. The summed E-state index contributed by atoms with van der Waals surface area (Å²) in [5.74, 6) is -9.13. The number of nitrogens with one attached hydrogen (secondary N) is 2. The standard InChI is InChI=1S/C16H12F4N2O2/c1-2-21-15(23)8-4-3-5-9(6-8)22-16(24)10-7-11(17)13(19)14(20)12(10)18/h3-7H,2H2,1H3,(H,21,23)(H,22,24). The molecule has 2 N–H and O–H groups in total. The van der Waals surface area contributed by atoms with Crippen molar-refractivity contribution in [2.45, 2.75) is 6.92 Å². The SMILES string of the molecule is CCNC(=O)c1cccc(NC(=O)c2cc(F)c(F)c(F)c2F)c1. The molecule has 2 rings (SSSR count). The average molecular weight is 340 g/mol. The summed E-state index contributed by atoms with van der Waals surface area (Å²) in [7, 11) is 0. The Kier molecular flexibility index (Phi) is 5.18. The molecule has 2 aromatic carbocycles. The van der Waals surface area contributed by atoms with Crippen LogP contribution >= 0.6 is 0 Å². The summed E-state index contributed by atoms with van der Waals surface area (Å²) < 4.78 is 52.8. The van der Waals surface area contributed by atoms with Gasteiger partial charge in [0.2, 0.25) is 0 Å². The van der Waals surface area contributed by atoms with Crippen molar-refractivity contribution in [3.63, 3.8) is 0 Å². The molecule has 0 aliphatic carbocycles. The molecule has 0 saturated heterocycles. The van der Waals surface area contributed by atoms with Gasteiger partial charge in [-0.1, -0.05) is 6.07 Å². The molecule has 0 unspecified atom stereocenters. The molecule has 126 valence electrons. The van der Waals surface area contributed by atoms with Crippen molar-refractivity contribution in [2.75, 3.05) is 11.9 Å². The minimum atomic E-state index is -2.07. The topological polar surface area (TPSA) is 58.2 Å². The van der Waals surface area contributed by atoms with Crippen molar-refractivity contribution in [3.8, 4) is 0 Å². The number of anilines is 1. The number of hydrogen-bond donors (Lipinski definition) is 2. The van der Waals surface area contributed by atoms with Crippen LogP contribution in [-0.2, 0) is 0 Å². The Labute approximate surface area is 134 Å². The molecule has 0 atom stereocenters. The van der Waals surface area contributed by atoms with E-state index in [4.69, 9.17) is 0 Å². The molecule has 0 aliphatic heterocycles. The Balaban J connectivity index is 2.28. The predicted molar refractivity (Wildman–Crippen MR) is 78.7 cm³/mol. The van der Waals surface area contributed by atoms with Crippen LogP contribution in [0, 0.1) is 23.3 Å². The minimum Gasteiger partial charge on any atom is -0.352 e. The Morgan fingerprint density at radius 3 is 2.33 bits per heavy atom. The zero-order valence-electron chi connectivity index (χ0n) is 12.4. The first-order valence-corrected chi connectivity index (χ1v) is 6.87. The van der Waals surface area contributed by atoms with Crippen LogP contribution in [0.5, 0.6) is 0 Å². The third-order valence-corrected chi connectivity index (χ3v) is 3.07. The van der Waals surface area contributed by atoms with E-state index in [0.29, 0.717) is 6.54 Å². The molecule has 2 amide bonds. The molecule has 0 saturated carbocycles. The second kappa shape index (κ2) is 7.12. The quantitative estimate of drug-likeness (QED) is 0.510. The highest BCUT2D eigenvalue weighted by atomic mass is 19.2. The molecular formula is C16H12F4N2O2. The lowest BCUT2D eigenvalue weighted by atomic mass is 10.1. The first-order valence-electron chi connectivity index (χ1n) is 6.87. The highest BCUT2D eigenvalue weighted by molar-refractivity contribution is 6.05. The second-order valence-electron chi connectivity index (χ2n) is 4.74. The molecule has 0 spiro atoms. The van der Waals surface area contributed by atoms with Gasteiger partial charge in [-0.2, -0.15) is 0 Å². The predicted octanol–water partition coefficient (Wildman–Crippen LogP) is 3.25. The summed E-state index contributed by atoms with van der Waals surface area (Å²) in [5, 5.41) is 4.75. The van der Waals surface area contributed by atoms with Gasteiger partial charge >= 0.3 is 0 Å². The summed E-state index contributed by atoms with van der Waals surface area (Å²) in [4.78, 5) is 23.7. The van der Waals surface area contributed by atoms with Crippen LogP contribution < -0.4 is 10.6 Å². The highest BCUT2D eigenvalue weighted by Gasteiger charge is 2.23. The summed E-state index contributed by atoms with van der Waals surface area (Å²) in [6.07, 6.45) is 0. The molecule has 0 aliphatic rings. The normalized spacial score (nSPS) is 10.4. The number of carbonyl (C=O) groups is 2. The largest absolute Gasteiger partial charge is 0.352 e. The van der Waals surface area contributed by atoms with Crippen molar-refractivity contribution in [1.82, 2.24) is 5.32 Å². The van der Waals surface area contributed by atoms with Crippen molar-refractivity contribution >= 4 is 17.5 Å². The maximum absolute atomic E-state index is 13.6. The van der Waals surface area contributed by atoms with E-state index in [-0.39, 0.29) is 17.3 Å². The summed E-state index contributed by atoms with van der Waals surface area (Å²) >= 11 is 0. The van der Waals surface area contributed by atoms with Crippen LogP contribution in [0.3, 0.4) is 0 Å². The van der Waals surface area contributed by atoms with E-state index >= 15 is 0 Å². The van der Waals surface area contributed by atoms with Gasteiger partial charge in [-0.05, 0) is 31.2 Å². The number of benzene rings is 2. The van der Waals surface area contributed by atoms with Gasteiger partial charge < -0.3 is 10.6 Å². The van der Waals surface area contributed by atoms with Gasteiger partial charge in [-0.25, -0.2) is 17.6 Å². The van der Waals surface area contributed by atoms with E-state index in [1.54, 1.807) is 6.92 Å². The van der Waals surface area contributed by atoms with Gasteiger partial charge in [-0.3, -0.25) is 9.59 Å². The van der Waals surface area contributed by atoms with E-state index in [2.05, 4.69) is 10.6 Å². The Bertz CT molecular complexity index is 809. The molecule has 0 aromatic heterocycles. The number of carbonyl (C=O) groups excluding carboxylic acids is 2. The zero-order chi connectivity index (χ0) is 17.9. The van der Waals surface area contributed by atoms with Crippen molar-refractivity contribution in [1.29, 1.82) is 0 Å². The van der Waals surface area contributed by atoms with Crippen molar-refractivity contribution in [3.05, 3.63) is 64.7 Å². The van der Waals surface area contributed by atoms with Gasteiger partial charge in [0.1, 0.15) is 0 Å². The van der Waals surface area contributed by atoms with E-state index in [1.165, 1.54) is 24.3 Å². The Morgan fingerprint density at radius 1 is 0.958 bits per heavy atom. The van der Waals surface area contributed by atoms with Crippen LogP contribution in [0.2, 0.25) is 0 Å². The lowest BCUT2D eigenvalue weighted by Gasteiger charge is -2.09. The lowest BCUT2D eigenvalue weighted by Crippen LogP contribution is -2.23. The number of hydrogen-bond acceptors (Lipinski definition) is 2. The van der Waals surface area contributed by atoms with Crippen LogP contribution in [0.15, 0.2) is 30.3 Å². The fourth-order valence-electron chi connectivity index (χ4n) is 1.94. The average Bonchev–Trinajstić information content (AvgIpc) is 2.56. The van der Waals surface area contributed by atoms with Gasteiger partial charge in [0.05, 0.1) is 5.56 Å². The molecule has 24 heavy (non-hydrogen) atoms. The first-order chi connectivity index (χ1) is 11.3. The van der Waals surface area contributed by atoms with E-state index < -0.39 is 40.6 Å². The highest BCUT2D eigenvalue weighted by Crippen LogP contribution is 2.20. The summed E-state index contributed by atoms with van der Waals surface area (Å²) in [6, 6.07) is 5.91. The van der Waals surface area contributed by atoms with Crippen LogP contribution in [0.1, 0.15) is 27.6 Å². The van der Waals surface area contributed by atoms with Gasteiger partial charge in [-0.15, -0.1) is 0 Å². The molecule has 0 fully saturated rings. The van der Waals surface area contributed by atoms with E-state index in [1.807, 2.05) is 0 Å². The molecule has 0 heterocycles. The lowest BCUT2D eigenvalue weighted by molar-refractivity contribution is 0.0954. The summed E-state index contributed by atoms with van der Waals surface area (Å²) in [5.41, 5.74) is -0.658. The van der Waals surface area contributed by atoms with Crippen molar-refractivity contribution in [2.24, 2.45) is 0 Å². The molecule has 0 radical (unpaired) electrons. The fourth-order valence-corrected chi connectivity index (χ4v) is 1.94. The third-order valence-electron chi connectivity index (χ3n) is 3.07. The van der Waals surface area contributed by atoms with E-state index in [9.17, 15) is 27.2 Å². The minimum absolute atomic E-state index is 0.105. The Hall–Kier alpha value is -2.90. The van der Waals surface area contributed by atoms with Crippen molar-refractivity contribution < 1.29 is 27.2 Å². The number of amides is 2. The maximum Gasteiger partial charge on any atom is 0.258 e. The molecule has 2 aromatic rings. The van der Waals surface area contributed by atoms with E-state index in [0.717, 1.165) is 0 Å². The summed E-state index contributed by atoms with van der Waals surface area (Å²) in [6.45, 7) is 2.12. The Morgan fingerprint density at radius 2 is 1.67 bits per heavy atom. The van der Waals surface area contributed by atoms with Crippen LogP contribution in [-0.4, -0.2) is 18.4 Å². The molecule has 8 heteroatoms. The van der Waals surface area contributed by atoms with Gasteiger partial charge in [0.15, 0.2) is 23.3 Å². The molecular weight excluding hydrogens is 328 g/mol. The van der Waals surface area contributed by atoms with Crippen LogP contribution in [0.4, 0.5) is 23.2 Å². The monoisotopic (exact) mass is 340 g/mol. The zero-order valence-corrected chi connectivity index (χ0v) is 12.4. The smallest absolute Gasteiger partial charge is 0.258 e. The molecule has 0 bridgehead atoms. The van der Waals surface area contributed by atoms with Crippen LogP contribution in [0.25, 0.3) is 0 Å². The fraction of sp³-hybridized carbons (Fsp3) is 0.125. The molecule has 4 nitrogen and oxygen atoms in total. The van der Waals surface area contributed by atoms with Gasteiger partial charge in [0.25, 0.3) is 11.8 Å². The second-order valence-corrected chi connectivity index (χ2v) is 4.74. The number of rotatable bonds is 4. The maximum atomic E-state index is 13.6. The first kappa shape index (κ1) is 17.5. The third kappa shape index (κ3) is 3.53.